The van der Waals surface area contributed by atoms with Crippen molar-refractivity contribution in [3.05, 3.63) is 143 Å². The van der Waals surface area contributed by atoms with Gasteiger partial charge in [0.25, 0.3) is 0 Å². The van der Waals surface area contributed by atoms with Crippen molar-refractivity contribution >= 4 is 0 Å². The van der Waals surface area contributed by atoms with Gasteiger partial charge in [-0.1, -0.05) is 48.0 Å². The molecule has 0 spiro atoms. The second-order valence-electron chi connectivity index (χ2n) is 10.2. The van der Waals surface area contributed by atoms with Crippen molar-refractivity contribution in [3.8, 4) is 5.75 Å². The number of pyridine rings is 3. The number of nitrogens with zero attached hydrogens (tertiary/aromatic N) is 5. The maximum absolute atomic E-state index is 11.6. The van der Waals surface area contributed by atoms with Gasteiger partial charge in [0.05, 0.1) is 17.1 Å². The number of phenolic OH excluding ortho intramolecular Hbond substituents is 1. The molecule has 7 nitrogen and oxygen atoms in total. The van der Waals surface area contributed by atoms with Gasteiger partial charge in [-0.25, -0.2) is 0 Å². The van der Waals surface area contributed by atoms with Gasteiger partial charge in [0.1, 0.15) is 5.75 Å². The summed E-state index contributed by atoms with van der Waals surface area (Å²) >= 11 is 0. The molecule has 204 valence electrons. The average Bonchev–Trinajstić information content (AvgIpc) is 2.97. The minimum absolute atomic E-state index is 0.342. The van der Waals surface area contributed by atoms with Crippen LogP contribution >= 0.6 is 0 Å². The van der Waals surface area contributed by atoms with Gasteiger partial charge < -0.3 is 10.4 Å². The van der Waals surface area contributed by atoms with E-state index < -0.39 is 0 Å². The number of nitrogens with one attached hydrogen (secondary N) is 1. The van der Waals surface area contributed by atoms with E-state index in [2.05, 4.69) is 67.4 Å². The zero-order chi connectivity index (χ0) is 27.6. The number of aromatic hydroxyl groups is 1. The minimum atomic E-state index is 0.342. The van der Waals surface area contributed by atoms with E-state index in [1.54, 1.807) is 0 Å². The maximum Gasteiger partial charge on any atom is 0.124 e. The van der Waals surface area contributed by atoms with Gasteiger partial charge in [-0.3, -0.25) is 24.8 Å². The molecule has 0 amide bonds. The Morgan fingerprint density at radius 2 is 1.20 bits per heavy atom. The Kier molecular flexibility index (Phi) is 9.29. The molecule has 0 atom stereocenters. The largest absolute Gasteiger partial charge is 0.507 e. The molecule has 0 bridgehead atoms. The minimum Gasteiger partial charge on any atom is -0.507 e. The highest BCUT2D eigenvalue weighted by molar-refractivity contribution is 5.43. The van der Waals surface area contributed by atoms with Gasteiger partial charge in [-0.05, 0) is 49.4 Å². The first kappa shape index (κ1) is 27.2. The Balaban J connectivity index is 1.39. The van der Waals surface area contributed by atoms with Crippen LogP contribution in [0.15, 0.2) is 109 Å². The number of aromatic nitrogens is 3. The lowest BCUT2D eigenvalue weighted by molar-refractivity contribution is 0.236. The molecule has 1 aromatic carbocycles. The lowest BCUT2D eigenvalue weighted by atomic mass is 10.0. The highest BCUT2D eigenvalue weighted by atomic mass is 16.3. The Morgan fingerprint density at radius 1 is 0.700 bits per heavy atom. The number of dihydropyridines is 1. The van der Waals surface area contributed by atoms with Crippen LogP contribution in [0.1, 0.15) is 33.8 Å². The van der Waals surface area contributed by atoms with E-state index in [1.165, 1.54) is 0 Å². The Hall–Kier alpha value is -4.33. The van der Waals surface area contributed by atoms with E-state index in [1.807, 2.05) is 73.2 Å². The van der Waals surface area contributed by atoms with Gasteiger partial charge in [0.15, 0.2) is 0 Å². The number of hydrogen-bond acceptors (Lipinski definition) is 7. The number of allylic oxidation sites excluding steroid dienone is 2. The number of aryl methyl sites for hydroxylation is 1. The topological polar surface area (TPSA) is 77.4 Å². The van der Waals surface area contributed by atoms with Crippen LogP contribution in [0.25, 0.3) is 0 Å². The zero-order valence-electron chi connectivity index (χ0n) is 22.9. The monoisotopic (exact) mass is 532 g/mol. The predicted octanol–water partition coefficient (Wildman–Crippen LogP) is 5.13. The van der Waals surface area contributed by atoms with E-state index in [0.29, 0.717) is 38.5 Å². The van der Waals surface area contributed by atoms with Gasteiger partial charge in [-0.2, -0.15) is 0 Å². The number of phenols is 1. The van der Waals surface area contributed by atoms with E-state index in [4.69, 9.17) is 0 Å². The summed E-state index contributed by atoms with van der Waals surface area (Å²) in [7, 11) is 0. The van der Waals surface area contributed by atoms with Crippen molar-refractivity contribution in [2.24, 2.45) is 0 Å². The average molecular weight is 533 g/mol. The Bertz CT molecular complexity index is 1380. The molecule has 0 saturated carbocycles. The third-order valence-electron chi connectivity index (χ3n) is 6.81. The summed E-state index contributed by atoms with van der Waals surface area (Å²) in [5, 5.41) is 15.0. The smallest absolute Gasteiger partial charge is 0.124 e. The third kappa shape index (κ3) is 7.85. The summed E-state index contributed by atoms with van der Waals surface area (Å²) in [6.07, 6.45) is 11.8. The van der Waals surface area contributed by atoms with Crippen molar-refractivity contribution in [1.29, 1.82) is 0 Å². The highest BCUT2D eigenvalue weighted by Crippen LogP contribution is 2.29. The highest BCUT2D eigenvalue weighted by Gasteiger charge is 2.18. The summed E-state index contributed by atoms with van der Waals surface area (Å²) < 4.78 is 0. The first-order chi connectivity index (χ1) is 19.6. The van der Waals surface area contributed by atoms with Gasteiger partial charge in [0.2, 0.25) is 0 Å². The normalized spacial score (nSPS) is 12.9. The predicted molar refractivity (Wildman–Crippen MR) is 158 cm³/mol. The molecule has 1 aliphatic heterocycles. The lowest BCUT2D eigenvalue weighted by Crippen LogP contribution is -2.31. The van der Waals surface area contributed by atoms with Crippen LogP contribution in [0.3, 0.4) is 0 Å². The van der Waals surface area contributed by atoms with Gasteiger partial charge in [0, 0.05) is 81.2 Å². The molecule has 3 aromatic heterocycles. The summed E-state index contributed by atoms with van der Waals surface area (Å²) in [6, 6.07) is 22.1. The van der Waals surface area contributed by atoms with Gasteiger partial charge >= 0.3 is 0 Å². The second-order valence-corrected chi connectivity index (χ2v) is 10.2. The van der Waals surface area contributed by atoms with Gasteiger partial charge in [-0.15, -0.1) is 0 Å². The van der Waals surface area contributed by atoms with E-state index in [9.17, 15) is 5.11 Å². The fourth-order valence-electron chi connectivity index (χ4n) is 5.01. The van der Waals surface area contributed by atoms with Crippen LogP contribution in [-0.4, -0.2) is 42.9 Å². The molecule has 2 N–H and O–H groups in total. The Labute approximate surface area is 236 Å². The number of hydrogen-bond donors (Lipinski definition) is 2. The molecule has 0 radical (unpaired) electrons. The lowest BCUT2D eigenvalue weighted by Gasteiger charge is -2.27. The van der Waals surface area contributed by atoms with E-state index in [0.717, 1.165) is 52.6 Å². The van der Waals surface area contributed by atoms with E-state index in [-0.39, 0.29) is 0 Å². The molecule has 4 aromatic rings. The Morgan fingerprint density at radius 3 is 1.62 bits per heavy atom. The fourth-order valence-corrected chi connectivity index (χ4v) is 5.01. The maximum atomic E-state index is 11.6. The number of rotatable bonds is 12. The quantitative estimate of drug-likeness (QED) is 0.262. The summed E-state index contributed by atoms with van der Waals surface area (Å²) in [6.45, 7) is 6.80. The second kappa shape index (κ2) is 13.6. The van der Waals surface area contributed by atoms with Crippen molar-refractivity contribution in [2.45, 2.75) is 39.6 Å². The van der Waals surface area contributed by atoms with Crippen LogP contribution < -0.4 is 5.32 Å². The standard InChI is InChI=1S/C33H36N6O/c1-26-18-27(20-38(22-29-10-2-6-14-34-29)23-30-11-3-7-15-35-30)33(40)28(19-26)21-39(24-31-12-4-8-16-36-31)25-32-13-5-9-17-37-32/h2-16,18-19,37,40H,17,20-25H2,1H3. The molecule has 0 aliphatic carbocycles. The van der Waals surface area contributed by atoms with Crippen LogP contribution in [-0.2, 0) is 32.7 Å². The van der Waals surface area contributed by atoms with Crippen LogP contribution in [0.5, 0.6) is 5.75 Å². The number of benzene rings is 1. The molecular weight excluding hydrogens is 496 g/mol. The molecule has 4 heterocycles. The SMILES string of the molecule is Cc1cc(CN(CC2=CC=CCN2)Cc2ccccn2)c(O)c(CN(Cc2ccccn2)Cc2ccccn2)c1. The zero-order valence-corrected chi connectivity index (χ0v) is 22.9. The molecule has 0 saturated heterocycles. The molecule has 1 aliphatic rings. The summed E-state index contributed by atoms with van der Waals surface area (Å²) in [4.78, 5) is 18.2. The fraction of sp³-hybridized carbons (Fsp3) is 0.242. The third-order valence-corrected chi connectivity index (χ3v) is 6.81. The molecule has 40 heavy (non-hydrogen) atoms. The van der Waals surface area contributed by atoms with Crippen LogP contribution in [0.2, 0.25) is 0 Å². The van der Waals surface area contributed by atoms with Crippen LogP contribution in [0, 0.1) is 6.92 Å². The molecule has 0 fully saturated rings. The first-order valence-corrected chi connectivity index (χ1v) is 13.7. The van der Waals surface area contributed by atoms with E-state index >= 15 is 0 Å². The van der Waals surface area contributed by atoms with Crippen molar-refractivity contribution in [2.75, 3.05) is 13.1 Å². The van der Waals surface area contributed by atoms with Crippen molar-refractivity contribution in [1.82, 2.24) is 30.1 Å². The summed E-state index contributed by atoms with van der Waals surface area (Å²) in [5.74, 6) is 0.342. The molecule has 5 rings (SSSR count). The molecular formula is C33H36N6O. The van der Waals surface area contributed by atoms with Crippen LogP contribution in [0.4, 0.5) is 0 Å². The first-order valence-electron chi connectivity index (χ1n) is 13.7. The van der Waals surface area contributed by atoms with Crippen molar-refractivity contribution < 1.29 is 5.11 Å². The molecule has 7 heteroatoms. The molecule has 0 unspecified atom stereocenters. The van der Waals surface area contributed by atoms with Crippen molar-refractivity contribution in [3.63, 3.8) is 0 Å². The summed E-state index contributed by atoms with van der Waals surface area (Å²) in [5.41, 5.74) is 7.05.